The number of nitrogens with one attached hydrogen (secondary N) is 1. The van der Waals surface area contributed by atoms with Gasteiger partial charge < -0.3 is 5.32 Å². The van der Waals surface area contributed by atoms with Crippen LogP contribution in [0, 0.1) is 11.8 Å². The van der Waals surface area contributed by atoms with Crippen LogP contribution in [0.1, 0.15) is 85.0 Å². The Labute approximate surface area is 115 Å². The van der Waals surface area contributed by atoms with Crippen molar-refractivity contribution in [3.05, 3.63) is 0 Å². The molecule has 0 aromatic rings. The minimum Gasteiger partial charge on any atom is -0.314 e. The Kier molecular flexibility index (Phi) is 8.75. The van der Waals surface area contributed by atoms with E-state index in [1.165, 1.54) is 64.2 Å². The van der Waals surface area contributed by atoms with Crippen LogP contribution in [-0.2, 0) is 0 Å². The van der Waals surface area contributed by atoms with E-state index in [0.717, 1.165) is 24.4 Å². The molecular weight excluding hydrogens is 218 g/mol. The third-order valence-corrected chi connectivity index (χ3v) is 4.86. The fourth-order valence-corrected chi connectivity index (χ4v) is 3.59. The first-order valence-corrected chi connectivity index (χ1v) is 8.55. The molecule has 1 aliphatic carbocycles. The van der Waals surface area contributed by atoms with E-state index in [9.17, 15) is 0 Å². The van der Waals surface area contributed by atoms with E-state index in [4.69, 9.17) is 0 Å². The summed E-state index contributed by atoms with van der Waals surface area (Å²) in [5.41, 5.74) is 0. The second kappa shape index (κ2) is 9.83. The van der Waals surface area contributed by atoms with E-state index < -0.39 is 0 Å². The van der Waals surface area contributed by atoms with Gasteiger partial charge >= 0.3 is 0 Å². The van der Waals surface area contributed by atoms with Gasteiger partial charge in [-0.1, -0.05) is 59.3 Å². The Hall–Kier alpha value is -0.0400. The van der Waals surface area contributed by atoms with Crippen LogP contribution in [0.15, 0.2) is 0 Å². The van der Waals surface area contributed by atoms with Gasteiger partial charge in [0.1, 0.15) is 0 Å². The first kappa shape index (κ1) is 16.0. The van der Waals surface area contributed by atoms with Crippen molar-refractivity contribution in [3.63, 3.8) is 0 Å². The number of unbranched alkanes of at least 4 members (excludes halogenated alkanes) is 1. The maximum Gasteiger partial charge on any atom is 0.00953 e. The molecule has 108 valence electrons. The fraction of sp³-hybridized carbons (Fsp3) is 1.00. The maximum atomic E-state index is 3.76. The van der Waals surface area contributed by atoms with Crippen molar-refractivity contribution in [2.24, 2.45) is 11.8 Å². The van der Waals surface area contributed by atoms with E-state index in [2.05, 4.69) is 26.1 Å². The lowest BCUT2D eigenvalue weighted by Crippen LogP contribution is -2.35. The highest BCUT2D eigenvalue weighted by molar-refractivity contribution is 4.81. The summed E-state index contributed by atoms with van der Waals surface area (Å²) in [6.45, 7) is 8.09. The summed E-state index contributed by atoms with van der Waals surface area (Å²) in [4.78, 5) is 0. The number of hydrogen-bond acceptors (Lipinski definition) is 1. The van der Waals surface area contributed by atoms with Crippen LogP contribution >= 0.6 is 0 Å². The van der Waals surface area contributed by atoms with E-state index in [-0.39, 0.29) is 0 Å². The molecule has 0 aromatic heterocycles. The molecule has 1 heteroatoms. The third kappa shape index (κ3) is 5.73. The Morgan fingerprint density at radius 2 is 1.72 bits per heavy atom. The SMILES string of the molecule is CCCCC(CC)CCC(NCC)C1CCCC1. The monoisotopic (exact) mass is 253 g/mol. The summed E-state index contributed by atoms with van der Waals surface area (Å²) < 4.78 is 0. The minimum atomic E-state index is 0.813. The molecule has 0 aliphatic heterocycles. The minimum absolute atomic E-state index is 0.813. The summed E-state index contributed by atoms with van der Waals surface area (Å²) in [6, 6.07) is 0.813. The van der Waals surface area contributed by atoms with Crippen LogP contribution < -0.4 is 5.32 Å². The summed E-state index contributed by atoms with van der Waals surface area (Å²) in [5.74, 6) is 1.96. The van der Waals surface area contributed by atoms with Gasteiger partial charge in [-0.05, 0) is 44.1 Å². The second-order valence-electron chi connectivity index (χ2n) is 6.20. The van der Waals surface area contributed by atoms with Gasteiger partial charge in [0.2, 0.25) is 0 Å². The lowest BCUT2D eigenvalue weighted by Gasteiger charge is -2.26. The molecule has 2 unspecified atom stereocenters. The van der Waals surface area contributed by atoms with Gasteiger partial charge in [0.05, 0.1) is 0 Å². The standard InChI is InChI=1S/C17H35N/c1-4-7-10-15(5-2)13-14-17(18-6-3)16-11-8-9-12-16/h15-18H,4-14H2,1-3H3. The zero-order chi connectivity index (χ0) is 13.2. The molecule has 2 atom stereocenters. The van der Waals surface area contributed by atoms with Gasteiger partial charge in [-0.25, -0.2) is 0 Å². The van der Waals surface area contributed by atoms with Gasteiger partial charge in [-0.15, -0.1) is 0 Å². The zero-order valence-electron chi connectivity index (χ0n) is 13.0. The maximum absolute atomic E-state index is 3.76. The topological polar surface area (TPSA) is 12.0 Å². The van der Waals surface area contributed by atoms with Crippen LogP contribution in [-0.4, -0.2) is 12.6 Å². The molecule has 1 nitrogen and oxygen atoms in total. The van der Waals surface area contributed by atoms with E-state index in [1.807, 2.05) is 0 Å². The predicted octanol–water partition coefficient (Wildman–Crippen LogP) is 5.15. The third-order valence-electron chi connectivity index (χ3n) is 4.86. The van der Waals surface area contributed by atoms with Gasteiger partial charge in [0, 0.05) is 6.04 Å². The van der Waals surface area contributed by atoms with E-state index in [1.54, 1.807) is 0 Å². The van der Waals surface area contributed by atoms with Crippen molar-refractivity contribution in [1.82, 2.24) is 5.32 Å². The van der Waals surface area contributed by atoms with Crippen LogP contribution in [0.4, 0.5) is 0 Å². The molecule has 0 heterocycles. The summed E-state index contributed by atoms with van der Waals surface area (Å²) in [6.07, 6.45) is 14.4. The van der Waals surface area contributed by atoms with Crippen LogP contribution in [0.3, 0.4) is 0 Å². The second-order valence-corrected chi connectivity index (χ2v) is 6.20. The van der Waals surface area contributed by atoms with Crippen molar-refractivity contribution < 1.29 is 0 Å². The average molecular weight is 253 g/mol. The lowest BCUT2D eigenvalue weighted by atomic mass is 9.87. The largest absolute Gasteiger partial charge is 0.314 e. The van der Waals surface area contributed by atoms with Gasteiger partial charge in [-0.3, -0.25) is 0 Å². The van der Waals surface area contributed by atoms with Gasteiger partial charge in [0.15, 0.2) is 0 Å². The summed E-state index contributed by atoms with van der Waals surface area (Å²) >= 11 is 0. The zero-order valence-corrected chi connectivity index (χ0v) is 13.0. The smallest absolute Gasteiger partial charge is 0.00953 e. The molecule has 0 bridgehead atoms. The highest BCUT2D eigenvalue weighted by atomic mass is 14.9. The van der Waals surface area contributed by atoms with Crippen LogP contribution in [0.2, 0.25) is 0 Å². The molecule has 0 aromatic carbocycles. The molecule has 0 radical (unpaired) electrons. The Morgan fingerprint density at radius 3 is 2.28 bits per heavy atom. The molecule has 18 heavy (non-hydrogen) atoms. The summed E-state index contributed by atoms with van der Waals surface area (Å²) in [7, 11) is 0. The molecule has 1 fully saturated rings. The van der Waals surface area contributed by atoms with Crippen molar-refractivity contribution in [2.45, 2.75) is 91.0 Å². The van der Waals surface area contributed by atoms with Crippen molar-refractivity contribution in [2.75, 3.05) is 6.54 Å². The van der Waals surface area contributed by atoms with E-state index in [0.29, 0.717) is 0 Å². The number of hydrogen-bond donors (Lipinski definition) is 1. The first-order chi connectivity index (χ1) is 8.81. The van der Waals surface area contributed by atoms with Crippen molar-refractivity contribution in [1.29, 1.82) is 0 Å². The quantitative estimate of drug-likeness (QED) is 0.567. The number of rotatable bonds is 10. The molecule has 1 aliphatic rings. The summed E-state index contributed by atoms with van der Waals surface area (Å²) in [5, 5.41) is 3.76. The first-order valence-electron chi connectivity index (χ1n) is 8.55. The fourth-order valence-electron chi connectivity index (χ4n) is 3.59. The molecule has 0 saturated heterocycles. The van der Waals surface area contributed by atoms with E-state index >= 15 is 0 Å². The van der Waals surface area contributed by atoms with Crippen molar-refractivity contribution in [3.8, 4) is 0 Å². The highest BCUT2D eigenvalue weighted by Crippen LogP contribution is 2.31. The molecule has 1 N–H and O–H groups in total. The Balaban J connectivity index is 2.30. The predicted molar refractivity (Wildman–Crippen MR) is 82.0 cm³/mol. The van der Waals surface area contributed by atoms with Crippen LogP contribution in [0.5, 0.6) is 0 Å². The lowest BCUT2D eigenvalue weighted by molar-refractivity contribution is 0.304. The van der Waals surface area contributed by atoms with Crippen LogP contribution in [0.25, 0.3) is 0 Å². The molecule has 1 rings (SSSR count). The Bertz CT molecular complexity index is 184. The molecule has 1 saturated carbocycles. The average Bonchev–Trinajstić information content (AvgIpc) is 2.91. The molecule has 0 amide bonds. The highest BCUT2D eigenvalue weighted by Gasteiger charge is 2.24. The molecular formula is C17H35N. The van der Waals surface area contributed by atoms with Gasteiger partial charge in [0.25, 0.3) is 0 Å². The van der Waals surface area contributed by atoms with Crippen molar-refractivity contribution >= 4 is 0 Å². The Morgan fingerprint density at radius 1 is 1.00 bits per heavy atom. The van der Waals surface area contributed by atoms with Gasteiger partial charge in [-0.2, -0.15) is 0 Å². The normalized spacial score (nSPS) is 20.2. The molecule has 0 spiro atoms.